The number of methoxy groups -OCH3 is 1. The van der Waals surface area contributed by atoms with E-state index in [0.717, 1.165) is 18.4 Å². The molecule has 9 heteroatoms. The van der Waals surface area contributed by atoms with E-state index in [0.29, 0.717) is 17.7 Å². The minimum absolute atomic E-state index is 0.0440. The number of likely N-dealkylation sites (tertiary alicyclic amines) is 1. The number of hydrogen-bond acceptors (Lipinski definition) is 5. The minimum atomic E-state index is -3.36. The maximum atomic E-state index is 14.1. The summed E-state index contributed by atoms with van der Waals surface area (Å²) in [5, 5.41) is 0.0440. The molecule has 5 rings (SSSR count). The van der Waals surface area contributed by atoms with E-state index in [1.807, 2.05) is 6.07 Å². The van der Waals surface area contributed by atoms with Gasteiger partial charge in [-0.1, -0.05) is 30.3 Å². The number of rotatable bonds is 6. The summed E-state index contributed by atoms with van der Waals surface area (Å²) in [6.07, 6.45) is 6.11. The number of aryl methyl sites for hydroxylation is 1. The van der Waals surface area contributed by atoms with Crippen molar-refractivity contribution in [1.82, 2.24) is 19.2 Å². The highest BCUT2D eigenvalue weighted by Crippen LogP contribution is 2.42. The van der Waals surface area contributed by atoms with E-state index in [1.54, 1.807) is 24.8 Å². The van der Waals surface area contributed by atoms with Gasteiger partial charge in [-0.05, 0) is 68.2 Å². The van der Waals surface area contributed by atoms with Crippen LogP contribution in [0.3, 0.4) is 0 Å². The molecular weight excluding hydrogens is 455 g/mol. The first kappa shape index (κ1) is 24.4. The van der Waals surface area contributed by atoms with Gasteiger partial charge in [-0.2, -0.15) is 0 Å². The molecule has 2 atom stereocenters. The monoisotopic (exact) mass is 486 g/mol. The Bertz CT molecular complexity index is 1230. The van der Waals surface area contributed by atoms with E-state index in [2.05, 4.69) is 44.9 Å². The van der Waals surface area contributed by atoms with Gasteiger partial charge in [0.15, 0.2) is 16.6 Å². The second kappa shape index (κ2) is 10.2. The third-order valence-corrected chi connectivity index (χ3v) is 7.89. The van der Waals surface area contributed by atoms with Crippen LogP contribution in [0.4, 0.5) is 4.39 Å². The maximum absolute atomic E-state index is 14.1. The van der Waals surface area contributed by atoms with Crippen LogP contribution >= 0.6 is 0 Å². The Labute approximate surface area is 200 Å². The molecule has 182 valence electrons. The third-order valence-electron chi connectivity index (χ3n) is 6.59. The smallest absolute Gasteiger partial charge is 0.259 e. The van der Waals surface area contributed by atoms with Crippen LogP contribution < -0.4 is 9.46 Å². The lowest BCUT2D eigenvalue weighted by Gasteiger charge is -2.39. The van der Waals surface area contributed by atoms with Crippen molar-refractivity contribution in [1.29, 1.82) is 0 Å². The van der Waals surface area contributed by atoms with Crippen LogP contribution in [0.5, 0.6) is 5.75 Å². The maximum Gasteiger partial charge on any atom is 0.259 e. The van der Waals surface area contributed by atoms with Crippen molar-refractivity contribution in [3.8, 4) is 5.75 Å². The Hall–Kier alpha value is -2.75. The lowest BCUT2D eigenvalue weighted by molar-refractivity contribution is 0.106. The predicted octanol–water partition coefficient (Wildman–Crippen LogP) is 3.12. The van der Waals surface area contributed by atoms with E-state index in [-0.39, 0.29) is 10.8 Å². The fourth-order valence-corrected chi connectivity index (χ4v) is 5.37. The highest BCUT2D eigenvalue weighted by Gasteiger charge is 2.39. The number of benzene rings is 2. The Morgan fingerprint density at radius 2 is 1.94 bits per heavy atom. The zero-order chi connectivity index (χ0) is 24.3. The average molecular weight is 487 g/mol. The molecule has 1 aliphatic heterocycles. The fraction of sp³-hybridized carbons (Fsp3) is 0.400. The quantitative estimate of drug-likeness (QED) is 0.580. The summed E-state index contributed by atoms with van der Waals surface area (Å²) in [4.78, 5) is 6.22. The lowest BCUT2D eigenvalue weighted by Crippen LogP contribution is -2.47. The van der Waals surface area contributed by atoms with Crippen molar-refractivity contribution in [2.75, 3.05) is 27.2 Å². The van der Waals surface area contributed by atoms with Crippen LogP contribution in [0.2, 0.25) is 0 Å². The molecule has 0 radical (unpaired) electrons. The molecule has 7 nitrogen and oxygen atoms in total. The van der Waals surface area contributed by atoms with Gasteiger partial charge in [0.05, 0.1) is 13.4 Å². The highest BCUT2D eigenvalue weighted by atomic mass is 32.2. The molecule has 1 aliphatic carbocycles. The van der Waals surface area contributed by atoms with Gasteiger partial charge in [0.25, 0.3) is 10.0 Å². The van der Waals surface area contributed by atoms with Gasteiger partial charge in [-0.3, -0.25) is 4.90 Å². The number of nitrogens with zero attached hydrogens (tertiary/aromatic N) is 3. The molecule has 0 spiro atoms. The molecule has 1 N–H and O–H groups in total. The Morgan fingerprint density at radius 3 is 2.50 bits per heavy atom. The zero-order valence-corrected chi connectivity index (χ0v) is 20.6. The summed E-state index contributed by atoms with van der Waals surface area (Å²) < 4.78 is 45.1. The predicted molar refractivity (Wildman–Crippen MR) is 129 cm³/mol. The number of halogens is 1. The zero-order valence-electron chi connectivity index (χ0n) is 19.7. The molecule has 2 heterocycles. The van der Waals surface area contributed by atoms with Gasteiger partial charge in [0, 0.05) is 25.2 Å². The molecule has 34 heavy (non-hydrogen) atoms. The summed E-state index contributed by atoms with van der Waals surface area (Å²) in [6, 6.07) is 14.7. The second-order valence-electron chi connectivity index (χ2n) is 8.73. The SMILES string of the molecule is CNS(=O)(=O)c1cn(C)cn1.COc1cc2c(cc1F)CC(N1CCC1)C2Cc1ccccc1. The average Bonchev–Trinajstić information content (AvgIpc) is 3.37. The molecule has 2 unspecified atom stereocenters. The van der Waals surface area contributed by atoms with Crippen molar-refractivity contribution in [2.45, 2.75) is 36.2 Å². The van der Waals surface area contributed by atoms with E-state index < -0.39 is 10.0 Å². The van der Waals surface area contributed by atoms with Gasteiger partial charge in [-0.25, -0.2) is 22.5 Å². The first-order valence-electron chi connectivity index (χ1n) is 11.4. The molecule has 1 fully saturated rings. The van der Waals surface area contributed by atoms with Gasteiger partial charge in [0.1, 0.15) is 0 Å². The van der Waals surface area contributed by atoms with Crippen molar-refractivity contribution >= 4 is 10.0 Å². The Balaban J connectivity index is 0.000000210. The third kappa shape index (κ3) is 5.16. The van der Waals surface area contributed by atoms with Crippen LogP contribution in [0, 0.1) is 5.82 Å². The van der Waals surface area contributed by atoms with Crippen molar-refractivity contribution in [3.63, 3.8) is 0 Å². The molecule has 2 aromatic carbocycles. The first-order valence-corrected chi connectivity index (χ1v) is 12.9. The van der Waals surface area contributed by atoms with Crippen molar-refractivity contribution < 1.29 is 17.5 Å². The molecule has 1 aromatic heterocycles. The molecule has 2 aliphatic rings. The first-order chi connectivity index (χ1) is 16.3. The number of sulfonamides is 1. The summed E-state index contributed by atoms with van der Waals surface area (Å²) >= 11 is 0. The van der Waals surface area contributed by atoms with Gasteiger partial charge in [-0.15, -0.1) is 0 Å². The lowest BCUT2D eigenvalue weighted by atomic mass is 9.89. The highest BCUT2D eigenvalue weighted by molar-refractivity contribution is 7.89. The summed E-state index contributed by atoms with van der Waals surface area (Å²) in [5.41, 5.74) is 3.77. The summed E-state index contributed by atoms with van der Waals surface area (Å²) in [5.74, 6) is 0.544. The molecular formula is C25H31FN4O3S. The number of hydrogen-bond donors (Lipinski definition) is 1. The molecule has 0 saturated carbocycles. The van der Waals surface area contributed by atoms with Crippen molar-refractivity contribution in [2.24, 2.45) is 7.05 Å². The number of nitrogens with one attached hydrogen (secondary N) is 1. The molecule has 0 amide bonds. The molecule has 0 bridgehead atoms. The van der Waals surface area contributed by atoms with E-state index in [1.165, 1.54) is 50.2 Å². The van der Waals surface area contributed by atoms with E-state index >= 15 is 0 Å². The number of aromatic nitrogens is 2. The Morgan fingerprint density at radius 1 is 1.21 bits per heavy atom. The topological polar surface area (TPSA) is 76.5 Å². The van der Waals surface area contributed by atoms with Crippen LogP contribution in [0.25, 0.3) is 0 Å². The summed E-state index contributed by atoms with van der Waals surface area (Å²) in [7, 11) is 1.24. The van der Waals surface area contributed by atoms with Gasteiger partial charge >= 0.3 is 0 Å². The van der Waals surface area contributed by atoms with Gasteiger partial charge in [0.2, 0.25) is 0 Å². The van der Waals surface area contributed by atoms with Crippen LogP contribution in [-0.2, 0) is 29.9 Å². The normalized spacial score (nSPS) is 19.6. The second-order valence-corrected chi connectivity index (χ2v) is 10.6. The minimum Gasteiger partial charge on any atom is -0.494 e. The number of ether oxygens (including phenoxy) is 1. The van der Waals surface area contributed by atoms with Gasteiger partial charge < -0.3 is 9.30 Å². The van der Waals surface area contributed by atoms with Crippen LogP contribution in [0.1, 0.15) is 29.0 Å². The standard InChI is InChI=1S/C20H22FNO.C5H9N3O2S/c1-23-20-13-16-15(11-18(20)21)12-19(22-8-5-9-22)17(16)10-14-6-3-2-4-7-14;1-6-11(9,10)5-3-8(2)4-7-5/h2-4,6-7,11,13,17,19H,5,8-10,12H2,1H3;3-4,6H,1-2H3. The van der Waals surface area contributed by atoms with E-state index in [9.17, 15) is 12.8 Å². The number of imidazole rings is 1. The fourth-order valence-electron chi connectivity index (χ4n) is 4.67. The number of fused-ring (bicyclic) bond motifs is 1. The van der Waals surface area contributed by atoms with Crippen LogP contribution in [0.15, 0.2) is 60.0 Å². The molecule has 3 aromatic rings. The van der Waals surface area contributed by atoms with Crippen molar-refractivity contribution in [3.05, 3.63) is 77.5 Å². The van der Waals surface area contributed by atoms with E-state index in [4.69, 9.17) is 4.74 Å². The van der Waals surface area contributed by atoms with Crippen LogP contribution in [-0.4, -0.2) is 56.2 Å². The molecule has 1 saturated heterocycles. The Kier molecular flexibility index (Phi) is 7.35. The summed E-state index contributed by atoms with van der Waals surface area (Å²) in [6.45, 7) is 2.34. The largest absolute Gasteiger partial charge is 0.494 e.